The highest BCUT2D eigenvalue weighted by Gasteiger charge is 1.82. The van der Waals surface area contributed by atoms with Gasteiger partial charge >= 0.3 is 0 Å². The third-order valence-electron chi connectivity index (χ3n) is 0.394. The number of hydrogen-bond acceptors (Lipinski definition) is 1. The molecular weight excluding hydrogens is 76.1 g/mol. The highest BCUT2D eigenvalue weighted by atomic mass is 16.3. The first kappa shape index (κ1) is 5.15. The van der Waals surface area contributed by atoms with Crippen molar-refractivity contribution in [2.24, 2.45) is 0 Å². The number of hydrogen-bond donors (Lipinski definition) is 0. The Morgan fingerprint density at radius 2 is 1.67 bits per heavy atom. The molecule has 0 bridgehead atoms. The van der Waals surface area contributed by atoms with E-state index in [-0.39, 0.29) is 11.3 Å². The van der Waals surface area contributed by atoms with E-state index in [1.54, 1.807) is 0 Å². The average molecular weight is 82.1 g/mol. The Kier molecular flexibility index (Phi) is 1.33. The summed E-state index contributed by atoms with van der Waals surface area (Å²) in [5.74, 6) is -0.296. The molecule has 0 fully saturated rings. The van der Waals surface area contributed by atoms with Crippen LogP contribution in [0.5, 0.6) is 0 Å². The van der Waals surface area contributed by atoms with Crippen LogP contribution in [0, 0.1) is 6.92 Å². The van der Waals surface area contributed by atoms with E-state index in [9.17, 15) is 5.11 Å². The molecule has 1 nitrogen and oxygen atoms in total. The van der Waals surface area contributed by atoms with E-state index in [4.69, 9.17) is 0 Å². The molecule has 0 saturated carbocycles. The van der Waals surface area contributed by atoms with E-state index in [2.05, 4.69) is 20.1 Å². The summed E-state index contributed by atoms with van der Waals surface area (Å²) < 4.78 is 0. The van der Waals surface area contributed by atoms with Crippen LogP contribution in [0.15, 0.2) is 24.5 Å². The van der Waals surface area contributed by atoms with Gasteiger partial charge in [0.2, 0.25) is 0 Å². The Labute approximate surface area is 37.6 Å². The van der Waals surface area contributed by atoms with Crippen LogP contribution in [-0.2, 0) is 0 Å². The van der Waals surface area contributed by atoms with Gasteiger partial charge in [-0.05, 0) is 6.58 Å². The van der Waals surface area contributed by atoms with Crippen molar-refractivity contribution in [3.8, 4) is 0 Å². The van der Waals surface area contributed by atoms with E-state index < -0.39 is 0 Å². The van der Waals surface area contributed by atoms with Crippen LogP contribution < -0.4 is 5.11 Å². The quantitative estimate of drug-likeness (QED) is 0.252. The summed E-state index contributed by atoms with van der Waals surface area (Å²) in [7, 11) is 0. The fourth-order valence-electron chi connectivity index (χ4n) is 0. The van der Waals surface area contributed by atoms with Crippen LogP contribution >= 0.6 is 0 Å². The van der Waals surface area contributed by atoms with Crippen molar-refractivity contribution in [2.75, 3.05) is 0 Å². The molecule has 0 aromatic carbocycles. The van der Waals surface area contributed by atoms with Gasteiger partial charge in [-0.2, -0.15) is 0 Å². The lowest BCUT2D eigenvalue weighted by atomic mass is 10.3. The molecule has 6 heavy (non-hydrogen) atoms. The normalized spacial score (nSPS) is 7.33. The molecule has 0 unspecified atom stereocenters. The second-order valence-corrected chi connectivity index (χ2v) is 1.03. The summed E-state index contributed by atoms with van der Waals surface area (Å²) in [6.45, 7) is 9.50. The summed E-state index contributed by atoms with van der Waals surface area (Å²) in [5.41, 5.74) is 0.259. The molecule has 0 amide bonds. The minimum Gasteiger partial charge on any atom is -0.814 e. The highest BCUT2D eigenvalue weighted by molar-refractivity contribution is 5.18. The zero-order valence-electron chi connectivity index (χ0n) is 3.53. The highest BCUT2D eigenvalue weighted by Crippen LogP contribution is 1.89. The zero-order valence-corrected chi connectivity index (χ0v) is 3.53. The van der Waals surface area contributed by atoms with Crippen molar-refractivity contribution in [3.05, 3.63) is 31.4 Å². The Balaban J connectivity index is 3.57. The van der Waals surface area contributed by atoms with E-state index in [1.807, 2.05) is 0 Å². The van der Waals surface area contributed by atoms with Crippen molar-refractivity contribution < 1.29 is 5.11 Å². The van der Waals surface area contributed by atoms with Crippen molar-refractivity contribution >= 4 is 0 Å². The van der Waals surface area contributed by atoms with Crippen molar-refractivity contribution in [1.29, 1.82) is 0 Å². The fraction of sp³-hybridized carbons (Fsp3) is 0. The summed E-state index contributed by atoms with van der Waals surface area (Å²) in [6.07, 6.45) is 0. The first-order valence-corrected chi connectivity index (χ1v) is 1.51. The van der Waals surface area contributed by atoms with Crippen LogP contribution in [0.25, 0.3) is 0 Å². The lowest BCUT2D eigenvalue weighted by Gasteiger charge is -1.93. The van der Waals surface area contributed by atoms with Gasteiger partial charge in [-0.1, -0.05) is 0 Å². The maximum absolute atomic E-state index is 9.87. The minimum absolute atomic E-state index is 0.259. The monoisotopic (exact) mass is 82.0 g/mol. The standard InChI is InChI=1S/C5H6O/c1-4(2)5(3)6/h1-3H2. The zero-order chi connectivity index (χ0) is 5.15. The van der Waals surface area contributed by atoms with E-state index in [0.717, 1.165) is 0 Å². The van der Waals surface area contributed by atoms with E-state index in [0.29, 0.717) is 0 Å². The minimum atomic E-state index is -0.296. The first-order valence-electron chi connectivity index (χ1n) is 1.51. The Morgan fingerprint density at radius 3 is 1.67 bits per heavy atom. The molecule has 0 heterocycles. The molecule has 0 radical (unpaired) electrons. The Morgan fingerprint density at radius 1 is 1.50 bits per heavy atom. The molecule has 0 aromatic heterocycles. The van der Waals surface area contributed by atoms with Gasteiger partial charge in [-0.3, -0.25) is 0 Å². The van der Waals surface area contributed by atoms with Crippen LogP contribution in [-0.4, -0.2) is 0 Å². The van der Waals surface area contributed by atoms with E-state index >= 15 is 0 Å². The van der Waals surface area contributed by atoms with Crippen LogP contribution in [0.4, 0.5) is 0 Å². The molecule has 0 aliphatic carbocycles. The maximum atomic E-state index is 9.87. The molecule has 0 aromatic rings. The van der Waals surface area contributed by atoms with Gasteiger partial charge in [0.1, 0.15) is 5.57 Å². The maximum Gasteiger partial charge on any atom is 0.115 e. The molecule has 1 heteroatoms. The van der Waals surface area contributed by atoms with Crippen LogP contribution in [0.2, 0.25) is 0 Å². The van der Waals surface area contributed by atoms with Gasteiger partial charge in [0.15, 0.2) is 0 Å². The second kappa shape index (κ2) is 1.55. The van der Waals surface area contributed by atoms with Crippen LogP contribution in [0.1, 0.15) is 0 Å². The number of rotatable bonds is 1. The summed E-state index contributed by atoms with van der Waals surface area (Å²) in [4.78, 5) is 0. The van der Waals surface area contributed by atoms with Crippen molar-refractivity contribution in [3.63, 3.8) is 0 Å². The van der Waals surface area contributed by atoms with Crippen LogP contribution in [0.3, 0.4) is 0 Å². The second-order valence-electron chi connectivity index (χ2n) is 1.03. The van der Waals surface area contributed by atoms with Gasteiger partial charge in [0.25, 0.3) is 0 Å². The Hall–Kier alpha value is -0.850. The van der Waals surface area contributed by atoms with Crippen molar-refractivity contribution in [1.82, 2.24) is 0 Å². The molecule has 0 spiro atoms. The lowest BCUT2D eigenvalue weighted by molar-refractivity contribution is -0.295. The molecule has 0 N–H and O–H groups in total. The SMILES string of the molecule is C=C([CH2+])C(=C)[O-]. The van der Waals surface area contributed by atoms with E-state index in [1.165, 1.54) is 0 Å². The van der Waals surface area contributed by atoms with Gasteiger partial charge in [0.05, 0.1) is 0 Å². The summed E-state index contributed by atoms with van der Waals surface area (Å²) in [6, 6.07) is 0. The number of allylic oxidation sites excluding steroid dienone is 1. The average Bonchev–Trinajstić information content (AvgIpc) is 1.36. The molecule has 0 saturated heterocycles. The topological polar surface area (TPSA) is 23.1 Å². The molecule has 0 aliphatic rings. The van der Waals surface area contributed by atoms with Gasteiger partial charge in [0, 0.05) is 19.3 Å². The predicted molar refractivity (Wildman–Crippen MR) is 23.6 cm³/mol. The largest absolute Gasteiger partial charge is 0.814 e. The fourth-order valence-corrected chi connectivity index (χ4v) is 0. The third kappa shape index (κ3) is 1.47. The molecule has 0 aliphatic heterocycles. The lowest BCUT2D eigenvalue weighted by Crippen LogP contribution is -2.00. The smallest absolute Gasteiger partial charge is 0.115 e. The predicted octanol–water partition coefficient (Wildman–Crippen LogP) is 0.251. The van der Waals surface area contributed by atoms with Gasteiger partial charge in [-0.25, -0.2) is 0 Å². The summed E-state index contributed by atoms with van der Waals surface area (Å²) >= 11 is 0. The summed E-state index contributed by atoms with van der Waals surface area (Å²) in [5, 5.41) is 9.87. The first-order chi connectivity index (χ1) is 2.64. The molecule has 0 rings (SSSR count). The Bertz CT molecular complexity index is 69.9. The molecule has 32 valence electrons. The van der Waals surface area contributed by atoms with Gasteiger partial charge < -0.3 is 5.11 Å². The van der Waals surface area contributed by atoms with Gasteiger partial charge in [-0.15, -0.1) is 0 Å². The third-order valence-corrected chi connectivity index (χ3v) is 0.394. The molecular formula is C5H6O. The molecule has 0 atom stereocenters. The van der Waals surface area contributed by atoms with Crippen molar-refractivity contribution in [2.45, 2.75) is 0 Å².